The quantitative estimate of drug-likeness (QED) is 0.653. The summed E-state index contributed by atoms with van der Waals surface area (Å²) >= 11 is 0. The van der Waals surface area contributed by atoms with Gasteiger partial charge in [0.1, 0.15) is 18.7 Å². The molecule has 5 rings (SSSR count). The van der Waals surface area contributed by atoms with Crippen molar-refractivity contribution in [2.24, 2.45) is 5.92 Å². The number of hydrogen-bond donors (Lipinski definition) is 2. The molecule has 34 heavy (non-hydrogen) atoms. The van der Waals surface area contributed by atoms with Gasteiger partial charge in [-0.15, -0.1) is 0 Å². The first-order valence-corrected chi connectivity index (χ1v) is 11.7. The van der Waals surface area contributed by atoms with Crippen LogP contribution in [0.1, 0.15) is 36.3 Å². The van der Waals surface area contributed by atoms with E-state index in [1.807, 2.05) is 36.4 Å². The normalized spacial score (nSPS) is 22.1. The van der Waals surface area contributed by atoms with Gasteiger partial charge in [-0.3, -0.25) is 4.79 Å². The number of ether oxygens (including phenoxy) is 2. The van der Waals surface area contributed by atoms with E-state index in [4.69, 9.17) is 9.47 Å². The number of fused-ring (bicyclic) bond motifs is 3. The predicted molar refractivity (Wildman–Crippen MR) is 123 cm³/mol. The molecular formula is C26H28N2O6. The lowest BCUT2D eigenvalue weighted by Crippen LogP contribution is -2.53. The van der Waals surface area contributed by atoms with E-state index < -0.39 is 24.1 Å². The number of rotatable bonds is 7. The molecule has 1 aliphatic heterocycles. The molecule has 8 heteroatoms. The molecule has 8 nitrogen and oxygen atoms in total. The minimum absolute atomic E-state index is 0.0102. The number of likely N-dealkylation sites (tertiary alicyclic amines) is 1. The first-order valence-electron chi connectivity index (χ1n) is 11.7. The fourth-order valence-corrected chi connectivity index (χ4v) is 5.20. The lowest BCUT2D eigenvalue weighted by Gasteiger charge is -2.27. The van der Waals surface area contributed by atoms with Gasteiger partial charge in [0.25, 0.3) is 0 Å². The molecule has 1 heterocycles. The highest BCUT2D eigenvalue weighted by atomic mass is 16.5. The van der Waals surface area contributed by atoms with E-state index in [-0.39, 0.29) is 43.4 Å². The zero-order valence-corrected chi connectivity index (χ0v) is 19.0. The van der Waals surface area contributed by atoms with Crippen LogP contribution in [0.2, 0.25) is 0 Å². The molecule has 3 aliphatic rings. The highest BCUT2D eigenvalue weighted by Gasteiger charge is 2.46. The molecule has 2 amide bonds. The van der Waals surface area contributed by atoms with Crippen molar-refractivity contribution in [1.29, 1.82) is 0 Å². The Labute approximate surface area is 197 Å². The summed E-state index contributed by atoms with van der Waals surface area (Å²) in [6.45, 7) is 0.348. The molecule has 0 bridgehead atoms. The topological polar surface area (TPSA) is 105 Å². The van der Waals surface area contributed by atoms with Crippen molar-refractivity contribution in [1.82, 2.24) is 10.2 Å². The van der Waals surface area contributed by atoms with Crippen LogP contribution in [0.3, 0.4) is 0 Å². The van der Waals surface area contributed by atoms with Crippen LogP contribution in [0.25, 0.3) is 11.1 Å². The summed E-state index contributed by atoms with van der Waals surface area (Å²) in [5.74, 6) is -1.54. The smallest absolute Gasteiger partial charge is 0.407 e. The Morgan fingerprint density at radius 3 is 2.24 bits per heavy atom. The Morgan fingerprint density at radius 2 is 1.68 bits per heavy atom. The second kappa shape index (κ2) is 9.10. The molecule has 2 aromatic rings. The average Bonchev–Trinajstić information content (AvgIpc) is 3.51. The standard InChI is InChI=1S/C26H28N2O6/c1-33-16-12-22(25(30)31)28(13-16)24(29)23(15-10-11-15)27-26(32)34-14-21-19-8-4-2-6-17(19)18-7-3-5-9-20(18)21/h2-9,15-16,21-23H,10-14H2,1H3,(H,27,32)(H,30,31). The van der Waals surface area contributed by atoms with Crippen LogP contribution < -0.4 is 5.32 Å². The fraction of sp³-hybridized carbons (Fsp3) is 0.423. The van der Waals surface area contributed by atoms with Crippen LogP contribution in [-0.2, 0) is 19.1 Å². The third kappa shape index (κ3) is 4.14. The molecule has 2 fully saturated rings. The number of nitrogens with zero attached hydrogens (tertiary/aromatic N) is 1. The average molecular weight is 465 g/mol. The molecule has 0 aromatic heterocycles. The van der Waals surface area contributed by atoms with Gasteiger partial charge in [0.15, 0.2) is 0 Å². The summed E-state index contributed by atoms with van der Waals surface area (Å²) in [6.07, 6.45) is 0.847. The van der Waals surface area contributed by atoms with Gasteiger partial charge < -0.3 is 24.8 Å². The molecule has 2 aliphatic carbocycles. The van der Waals surface area contributed by atoms with Gasteiger partial charge in [-0.2, -0.15) is 0 Å². The van der Waals surface area contributed by atoms with Gasteiger partial charge in [-0.25, -0.2) is 9.59 Å². The molecule has 178 valence electrons. The van der Waals surface area contributed by atoms with E-state index in [1.165, 1.54) is 12.0 Å². The number of carbonyl (C=O) groups excluding carboxylic acids is 2. The summed E-state index contributed by atoms with van der Waals surface area (Å²) < 4.78 is 10.9. The lowest BCUT2D eigenvalue weighted by atomic mass is 9.98. The zero-order valence-electron chi connectivity index (χ0n) is 19.0. The minimum atomic E-state index is -1.07. The van der Waals surface area contributed by atoms with Crippen molar-refractivity contribution in [2.45, 2.75) is 43.4 Å². The van der Waals surface area contributed by atoms with Gasteiger partial charge in [-0.1, -0.05) is 48.5 Å². The molecule has 3 unspecified atom stereocenters. The summed E-state index contributed by atoms with van der Waals surface area (Å²) in [5, 5.41) is 12.3. The largest absolute Gasteiger partial charge is 0.480 e. The number of carboxylic acids is 1. The second-order valence-corrected chi connectivity index (χ2v) is 9.22. The number of amides is 2. The number of benzene rings is 2. The Bertz CT molecular complexity index is 1070. The Hall–Kier alpha value is -3.39. The Morgan fingerprint density at radius 1 is 1.06 bits per heavy atom. The maximum atomic E-state index is 13.3. The van der Waals surface area contributed by atoms with Crippen LogP contribution in [-0.4, -0.2) is 66.4 Å². The number of carbonyl (C=O) groups is 3. The third-order valence-corrected chi connectivity index (χ3v) is 7.14. The Kier molecular flexibility index (Phi) is 6.00. The van der Waals surface area contributed by atoms with Crippen LogP contribution >= 0.6 is 0 Å². The third-order valence-electron chi connectivity index (χ3n) is 7.14. The summed E-state index contributed by atoms with van der Waals surface area (Å²) in [5.41, 5.74) is 4.50. The SMILES string of the molecule is COC1CC(C(=O)O)N(C(=O)C(NC(=O)OCC2c3ccccc3-c3ccccc32)C2CC2)C1. The first-order chi connectivity index (χ1) is 16.5. The molecule has 1 saturated heterocycles. The summed E-state index contributed by atoms with van der Waals surface area (Å²) in [4.78, 5) is 39.1. The number of carboxylic acid groups (broad SMARTS) is 1. The number of hydrogen-bond acceptors (Lipinski definition) is 5. The van der Waals surface area contributed by atoms with Crippen molar-refractivity contribution in [2.75, 3.05) is 20.3 Å². The Balaban J connectivity index is 1.26. The minimum Gasteiger partial charge on any atom is -0.480 e. The van der Waals surface area contributed by atoms with E-state index in [0.717, 1.165) is 35.1 Å². The van der Waals surface area contributed by atoms with Gasteiger partial charge in [0.2, 0.25) is 5.91 Å². The highest BCUT2D eigenvalue weighted by Crippen LogP contribution is 2.44. The number of aliphatic carboxylic acids is 1. The van der Waals surface area contributed by atoms with Crippen molar-refractivity contribution in [3.05, 3.63) is 59.7 Å². The maximum absolute atomic E-state index is 13.3. The van der Waals surface area contributed by atoms with Crippen LogP contribution in [0.4, 0.5) is 4.79 Å². The molecule has 0 spiro atoms. The first kappa shape index (κ1) is 22.4. The molecule has 2 N–H and O–H groups in total. The number of nitrogens with one attached hydrogen (secondary N) is 1. The molecule has 0 radical (unpaired) electrons. The van der Waals surface area contributed by atoms with Crippen molar-refractivity contribution >= 4 is 18.0 Å². The van der Waals surface area contributed by atoms with Crippen molar-refractivity contribution < 1.29 is 29.0 Å². The molecule has 2 aromatic carbocycles. The molecule has 3 atom stereocenters. The molecule has 1 saturated carbocycles. The van der Waals surface area contributed by atoms with E-state index in [9.17, 15) is 19.5 Å². The predicted octanol–water partition coefficient (Wildman–Crippen LogP) is 3.00. The molecular weight excluding hydrogens is 436 g/mol. The van der Waals surface area contributed by atoms with Crippen LogP contribution in [0, 0.1) is 5.92 Å². The van der Waals surface area contributed by atoms with E-state index in [0.29, 0.717) is 0 Å². The van der Waals surface area contributed by atoms with Gasteiger partial charge in [0.05, 0.1) is 6.10 Å². The number of methoxy groups -OCH3 is 1. The summed E-state index contributed by atoms with van der Waals surface area (Å²) in [6, 6.07) is 14.4. The van der Waals surface area contributed by atoms with E-state index >= 15 is 0 Å². The highest BCUT2D eigenvalue weighted by molar-refractivity contribution is 5.90. The van der Waals surface area contributed by atoms with Crippen LogP contribution in [0.15, 0.2) is 48.5 Å². The van der Waals surface area contributed by atoms with E-state index in [2.05, 4.69) is 17.4 Å². The van der Waals surface area contributed by atoms with E-state index in [1.54, 1.807) is 0 Å². The lowest BCUT2D eigenvalue weighted by molar-refractivity contribution is -0.149. The fourth-order valence-electron chi connectivity index (χ4n) is 5.20. The van der Waals surface area contributed by atoms with Crippen molar-refractivity contribution in [3.63, 3.8) is 0 Å². The van der Waals surface area contributed by atoms with Gasteiger partial charge >= 0.3 is 12.1 Å². The number of alkyl carbamates (subject to hydrolysis) is 1. The van der Waals surface area contributed by atoms with Gasteiger partial charge in [-0.05, 0) is 41.0 Å². The maximum Gasteiger partial charge on any atom is 0.407 e. The summed E-state index contributed by atoms with van der Waals surface area (Å²) in [7, 11) is 1.50. The second-order valence-electron chi connectivity index (χ2n) is 9.22. The monoisotopic (exact) mass is 464 g/mol. The zero-order chi connectivity index (χ0) is 23.8. The van der Waals surface area contributed by atoms with Crippen LogP contribution in [0.5, 0.6) is 0 Å². The van der Waals surface area contributed by atoms with Gasteiger partial charge in [0, 0.05) is 26.0 Å². The van der Waals surface area contributed by atoms with Crippen molar-refractivity contribution in [3.8, 4) is 11.1 Å².